The van der Waals surface area contributed by atoms with Crippen LogP contribution >= 0.6 is 0 Å². The number of nitrogen functional groups attached to an aromatic ring is 1. The molecule has 2 aromatic rings. The Kier molecular flexibility index (Phi) is 3.36. The third-order valence-corrected chi connectivity index (χ3v) is 2.98. The lowest BCUT2D eigenvalue weighted by Gasteiger charge is -2.09. The van der Waals surface area contributed by atoms with Crippen LogP contribution in [0.5, 0.6) is 0 Å². The third-order valence-electron chi connectivity index (χ3n) is 2.98. The number of anilines is 1. The van der Waals surface area contributed by atoms with E-state index in [9.17, 15) is 4.39 Å². The molecule has 0 radical (unpaired) electrons. The molecule has 1 aromatic carbocycles. The molecule has 0 saturated heterocycles. The average molecular weight is 247 g/mol. The van der Waals surface area contributed by atoms with E-state index < -0.39 is 0 Å². The number of aryl methyl sites for hydroxylation is 1. The molecule has 96 valence electrons. The van der Waals surface area contributed by atoms with Gasteiger partial charge in [-0.25, -0.2) is 4.39 Å². The molecule has 0 aliphatic carbocycles. The van der Waals surface area contributed by atoms with Crippen molar-refractivity contribution in [2.24, 2.45) is 5.92 Å². The Hall–Kier alpha value is -1.84. The number of halogens is 1. The molecule has 3 nitrogen and oxygen atoms in total. The molecule has 0 spiro atoms. The topological polar surface area (TPSA) is 54.7 Å². The van der Waals surface area contributed by atoms with Crippen LogP contribution in [0, 0.1) is 18.7 Å². The minimum atomic E-state index is -0.251. The number of aromatic nitrogens is 2. The lowest BCUT2D eigenvalue weighted by atomic mass is 9.97. The number of H-pyrrole nitrogens is 1. The third kappa shape index (κ3) is 2.37. The molecular weight excluding hydrogens is 229 g/mol. The zero-order valence-corrected chi connectivity index (χ0v) is 10.9. The summed E-state index contributed by atoms with van der Waals surface area (Å²) in [6.45, 7) is 6.19. The summed E-state index contributed by atoms with van der Waals surface area (Å²) in [5.41, 5.74) is 9.51. The first kappa shape index (κ1) is 12.6. The van der Waals surface area contributed by atoms with Gasteiger partial charge in [0.15, 0.2) is 0 Å². The standard InChI is InChI=1S/C14H18FN3/c1-8(2)6-12-13(17-18-14(12)16)11-7-10(15)5-4-9(11)3/h4-5,7-8H,6H2,1-3H3,(H3,16,17,18). The zero-order valence-electron chi connectivity index (χ0n) is 10.9. The van der Waals surface area contributed by atoms with Crippen LogP contribution in [0.1, 0.15) is 25.0 Å². The highest BCUT2D eigenvalue weighted by Gasteiger charge is 2.15. The van der Waals surface area contributed by atoms with E-state index in [1.54, 1.807) is 6.07 Å². The van der Waals surface area contributed by atoms with Crippen LogP contribution in [0.25, 0.3) is 11.3 Å². The number of hydrogen-bond acceptors (Lipinski definition) is 2. The number of nitrogens with zero attached hydrogens (tertiary/aromatic N) is 1. The second kappa shape index (κ2) is 4.80. The monoisotopic (exact) mass is 247 g/mol. The van der Waals surface area contributed by atoms with Crippen LogP contribution in [0.3, 0.4) is 0 Å². The molecule has 0 fully saturated rings. The summed E-state index contributed by atoms with van der Waals surface area (Å²) < 4.78 is 13.4. The van der Waals surface area contributed by atoms with Crippen LogP contribution in [0.4, 0.5) is 10.2 Å². The van der Waals surface area contributed by atoms with Crippen molar-refractivity contribution in [3.8, 4) is 11.3 Å². The predicted molar refractivity (Wildman–Crippen MR) is 71.7 cm³/mol. The van der Waals surface area contributed by atoms with Gasteiger partial charge >= 0.3 is 0 Å². The van der Waals surface area contributed by atoms with E-state index in [-0.39, 0.29) is 5.82 Å². The first-order valence-corrected chi connectivity index (χ1v) is 6.08. The highest BCUT2D eigenvalue weighted by Crippen LogP contribution is 2.30. The summed E-state index contributed by atoms with van der Waals surface area (Å²) in [5.74, 6) is 0.721. The molecule has 4 heteroatoms. The van der Waals surface area contributed by atoms with E-state index in [2.05, 4.69) is 24.0 Å². The molecule has 0 bridgehead atoms. The first-order valence-electron chi connectivity index (χ1n) is 6.08. The van der Waals surface area contributed by atoms with Crippen LogP contribution in [-0.2, 0) is 6.42 Å². The van der Waals surface area contributed by atoms with Gasteiger partial charge in [0.05, 0.1) is 5.69 Å². The Morgan fingerprint density at radius 3 is 2.78 bits per heavy atom. The maximum absolute atomic E-state index is 13.4. The van der Waals surface area contributed by atoms with Crippen molar-refractivity contribution in [2.45, 2.75) is 27.2 Å². The minimum absolute atomic E-state index is 0.251. The van der Waals surface area contributed by atoms with E-state index in [1.807, 2.05) is 6.92 Å². The number of benzene rings is 1. The summed E-state index contributed by atoms with van der Waals surface area (Å²) in [4.78, 5) is 0. The van der Waals surface area contributed by atoms with Crippen molar-refractivity contribution in [1.82, 2.24) is 10.2 Å². The summed E-state index contributed by atoms with van der Waals surface area (Å²) in [6.07, 6.45) is 0.827. The normalized spacial score (nSPS) is 11.2. The van der Waals surface area contributed by atoms with Gasteiger partial charge < -0.3 is 5.73 Å². The van der Waals surface area contributed by atoms with Crippen molar-refractivity contribution >= 4 is 5.82 Å². The Morgan fingerprint density at radius 1 is 1.39 bits per heavy atom. The fourth-order valence-electron chi connectivity index (χ4n) is 2.08. The Labute approximate surface area is 106 Å². The molecule has 0 amide bonds. The highest BCUT2D eigenvalue weighted by atomic mass is 19.1. The van der Waals surface area contributed by atoms with Gasteiger partial charge in [0.2, 0.25) is 0 Å². The molecule has 0 aliphatic rings. The van der Waals surface area contributed by atoms with Crippen LogP contribution in [0.2, 0.25) is 0 Å². The summed E-state index contributed by atoms with van der Waals surface area (Å²) in [5, 5.41) is 6.97. The molecular formula is C14H18FN3. The number of nitrogens with one attached hydrogen (secondary N) is 1. The molecule has 2 rings (SSSR count). The molecule has 0 atom stereocenters. The van der Waals surface area contributed by atoms with Crippen molar-refractivity contribution in [1.29, 1.82) is 0 Å². The lowest BCUT2D eigenvalue weighted by molar-refractivity contribution is 0.627. The molecule has 1 heterocycles. The fraction of sp³-hybridized carbons (Fsp3) is 0.357. The number of nitrogens with two attached hydrogens (primary N) is 1. The van der Waals surface area contributed by atoms with E-state index in [0.29, 0.717) is 11.7 Å². The van der Waals surface area contributed by atoms with Crippen LogP contribution in [0.15, 0.2) is 18.2 Å². The SMILES string of the molecule is Cc1ccc(F)cc1-c1[nH]nc(N)c1CC(C)C. The van der Waals surface area contributed by atoms with E-state index >= 15 is 0 Å². The predicted octanol–water partition coefficient (Wildman–Crippen LogP) is 3.30. The summed E-state index contributed by atoms with van der Waals surface area (Å²) in [7, 11) is 0. The quantitative estimate of drug-likeness (QED) is 0.874. The number of hydrogen-bond donors (Lipinski definition) is 2. The molecule has 0 aliphatic heterocycles. The Balaban J connectivity index is 2.53. The van der Waals surface area contributed by atoms with Gasteiger partial charge in [0, 0.05) is 11.1 Å². The molecule has 1 aromatic heterocycles. The molecule has 0 saturated carbocycles. The van der Waals surface area contributed by atoms with Gasteiger partial charge in [-0.1, -0.05) is 19.9 Å². The molecule has 18 heavy (non-hydrogen) atoms. The fourth-order valence-corrected chi connectivity index (χ4v) is 2.08. The van der Waals surface area contributed by atoms with Crippen molar-refractivity contribution < 1.29 is 4.39 Å². The Bertz CT molecular complexity index is 558. The lowest BCUT2D eigenvalue weighted by Crippen LogP contribution is -1.99. The largest absolute Gasteiger partial charge is 0.382 e. The van der Waals surface area contributed by atoms with Gasteiger partial charge in [-0.15, -0.1) is 0 Å². The van der Waals surface area contributed by atoms with Gasteiger partial charge in [-0.05, 0) is 37.0 Å². The molecule has 0 unspecified atom stereocenters. The second-order valence-electron chi connectivity index (χ2n) is 5.02. The second-order valence-corrected chi connectivity index (χ2v) is 5.02. The van der Waals surface area contributed by atoms with Gasteiger partial charge in [0.1, 0.15) is 11.6 Å². The number of aromatic amines is 1. The Morgan fingerprint density at radius 2 is 2.11 bits per heavy atom. The summed E-state index contributed by atoms with van der Waals surface area (Å²) >= 11 is 0. The van der Waals surface area contributed by atoms with Gasteiger partial charge in [0.25, 0.3) is 0 Å². The van der Waals surface area contributed by atoms with E-state index in [4.69, 9.17) is 5.73 Å². The maximum Gasteiger partial charge on any atom is 0.149 e. The molecule has 3 N–H and O–H groups in total. The first-order chi connectivity index (χ1) is 8.49. The minimum Gasteiger partial charge on any atom is -0.382 e. The average Bonchev–Trinajstić information content (AvgIpc) is 2.64. The summed E-state index contributed by atoms with van der Waals surface area (Å²) in [6, 6.07) is 4.74. The smallest absolute Gasteiger partial charge is 0.149 e. The van der Waals surface area contributed by atoms with Crippen molar-refractivity contribution in [2.75, 3.05) is 5.73 Å². The van der Waals surface area contributed by atoms with E-state index in [1.165, 1.54) is 12.1 Å². The van der Waals surface area contributed by atoms with Gasteiger partial charge in [-0.3, -0.25) is 5.10 Å². The van der Waals surface area contributed by atoms with Crippen molar-refractivity contribution in [3.05, 3.63) is 35.1 Å². The van der Waals surface area contributed by atoms with Gasteiger partial charge in [-0.2, -0.15) is 5.10 Å². The van der Waals surface area contributed by atoms with Crippen LogP contribution < -0.4 is 5.73 Å². The highest BCUT2D eigenvalue weighted by molar-refractivity contribution is 5.70. The van der Waals surface area contributed by atoms with Crippen molar-refractivity contribution in [3.63, 3.8) is 0 Å². The van der Waals surface area contributed by atoms with E-state index in [0.717, 1.165) is 28.8 Å². The maximum atomic E-state index is 13.4. The van der Waals surface area contributed by atoms with Crippen LogP contribution in [-0.4, -0.2) is 10.2 Å². The zero-order chi connectivity index (χ0) is 13.3. The number of rotatable bonds is 3.